The van der Waals surface area contributed by atoms with E-state index in [0.29, 0.717) is 6.54 Å². The Balaban J connectivity index is 2.00. The van der Waals surface area contributed by atoms with E-state index in [4.69, 9.17) is 4.74 Å². The van der Waals surface area contributed by atoms with E-state index >= 15 is 0 Å². The van der Waals surface area contributed by atoms with Crippen LogP contribution in [0.1, 0.15) is 18.1 Å². The zero-order chi connectivity index (χ0) is 13.5. The third kappa shape index (κ3) is 3.58. The zero-order valence-electron chi connectivity index (χ0n) is 11.3. The molecule has 98 valence electrons. The first kappa shape index (κ1) is 13.1. The van der Waals surface area contributed by atoms with Crippen LogP contribution in [-0.4, -0.2) is 12.8 Å². The van der Waals surface area contributed by atoms with Crippen molar-refractivity contribution in [2.45, 2.75) is 13.5 Å². The lowest BCUT2D eigenvalue weighted by atomic mass is 10.1. The molecule has 0 radical (unpaired) electrons. The van der Waals surface area contributed by atoms with Crippen LogP contribution in [0.2, 0.25) is 0 Å². The van der Waals surface area contributed by atoms with Gasteiger partial charge in [0.05, 0.1) is 19.4 Å². The summed E-state index contributed by atoms with van der Waals surface area (Å²) in [6, 6.07) is 18.0. The quantitative estimate of drug-likeness (QED) is 0.656. The molecule has 1 N–H and O–H groups in total. The maximum atomic E-state index is 5.30. The fourth-order valence-corrected chi connectivity index (χ4v) is 1.84. The number of ether oxygens (including phenoxy) is 1. The Hall–Kier alpha value is -2.29. The molecule has 0 bridgehead atoms. The van der Waals surface area contributed by atoms with E-state index in [0.717, 1.165) is 22.6 Å². The lowest BCUT2D eigenvalue weighted by molar-refractivity contribution is 0.408. The smallest absolute Gasteiger partial charge is 0.123 e. The van der Waals surface area contributed by atoms with Crippen LogP contribution in [0.25, 0.3) is 0 Å². The number of hydrogen-bond donors (Lipinski definition) is 1. The lowest BCUT2D eigenvalue weighted by Gasteiger charge is -2.08. The molecule has 19 heavy (non-hydrogen) atoms. The molecule has 0 aromatic heterocycles. The second kappa shape index (κ2) is 6.59. The molecular weight excluding hydrogens is 236 g/mol. The van der Waals surface area contributed by atoms with Gasteiger partial charge in [0.25, 0.3) is 0 Å². The van der Waals surface area contributed by atoms with E-state index in [-0.39, 0.29) is 0 Å². The summed E-state index contributed by atoms with van der Waals surface area (Å²) in [7, 11) is 1.68. The number of nitrogens with zero attached hydrogens (tertiary/aromatic N) is 1. The summed E-state index contributed by atoms with van der Waals surface area (Å²) in [4.78, 5) is 0. The number of benzene rings is 2. The van der Waals surface area contributed by atoms with Crippen LogP contribution in [-0.2, 0) is 6.54 Å². The molecule has 0 atom stereocenters. The van der Waals surface area contributed by atoms with Crippen LogP contribution in [0.15, 0.2) is 59.7 Å². The third-order valence-corrected chi connectivity index (χ3v) is 2.90. The van der Waals surface area contributed by atoms with Gasteiger partial charge in [0.2, 0.25) is 0 Å². The molecule has 0 saturated carbocycles. The minimum Gasteiger partial charge on any atom is -0.496 e. The highest BCUT2D eigenvalue weighted by atomic mass is 16.5. The van der Waals surface area contributed by atoms with Gasteiger partial charge in [0, 0.05) is 5.56 Å². The molecule has 0 aliphatic heterocycles. The molecule has 0 amide bonds. The van der Waals surface area contributed by atoms with Gasteiger partial charge in [0.15, 0.2) is 0 Å². The first-order valence-electron chi connectivity index (χ1n) is 6.25. The van der Waals surface area contributed by atoms with Gasteiger partial charge in [-0.05, 0) is 18.6 Å². The average molecular weight is 254 g/mol. The van der Waals surface area contributed by atoms with Crippen LogP contribution in [0.3, 0.4) is 0 Å². The van der Waals surface area contributed by atoms with Crippen molar-refractivity contribution in [3.63, 3.8) is 0 Å². The molecule has 2 rings (SSSR count). The van der Waals surface area contributed by atoms with Crippen LogP contribution in [0, 0.1) is 0 Å². The molecule has 2 aromatic carbocycles. The summed E-state index contributed by atoms with van der Waals surface area (Å²) < 4.78 is 5.30. The predicted molar refractivity (Wildman–Crippen MR) is 78.5 cm³/mol. The first-order chi connectivity index (χ1) is 9.31. The number of para-hydroxylation sites is 1. The van der Waals surface area contributed by atoms with Gasteiger partial charge in [-0.15, -0.1) is 0 Å². The van der Waals surface area contributed by atoms with Crippen molar-refractivity contribution in [2.75, 3.05) is 7.11 Å². The average Bonchev–Trinajstić information content (AvgIpc) is 2.48. The fraction of sp³-hybridized carbons (Fsp3) is 0.188. The van der Waals surface area contributed by atoms with Crippen molar-refractivity contribution < 1.29 is 4.74 Å². The molecule has 0 aliphatic carbocycles. The predicted octanol–water partition coefficient (Wildman–Crippen LogP) is 3.21. The van der Waals surface area contributed by atoms with Gasteiger partial charge in [-0.25, -0.2) is 0 Å². The van der Waals surface area contributed by atoms with Crippen molar-refractivity contribution in [1.82, 2.24) is 5.43 Å². The molecule has 0 spiro atoms. The standard InChI is InChI=1S/C16H18N2O/c1-13(14-8-4-3-5-9-14)18-17-12-15-10-6-7-11-16(15)19-2/h3-11,17H,12H2,1-2H3/b18-13+. The molecule has 2 aromatic rings. The summed E-state index contributed by atoms with van der Waals surface area (Å²) in [5, 5.41) is 4.38. The number of hydrogen-bond acceptors (Lipinski definition) is 3. The van der Waals surface area contributed by atoms with E-state index < -0.39 is 0 Å². The first-order valence-corrected chi connectivity index (χ1v) is 6.25. The monoisotopic (exact) mass is 254 g/mol. The summed E-state index contributed by atoms with van der Waals surface area (Å²) in [5.41, 5.74) is 6.26. The maximum Gasteiger partial charge on any atom is 0.123 e. The Morgan fingerprint density at radius 2 is 1.74 bits per heavy atom. The zero-order valence-corrected chi connectivity index (χ0v) is 11.3. The Kier molecular flexibility index (Phi) is 4.56. The van der Waals surface area contributed by atoms with Crippen LogP contribution >= 0.6 is 0 Å². The van der Waals surface area contributed by atoms with E-state index in [2.05, 4.69) is 10.5 Å². The van der Waals surface area contributed by atoms with Crippen molar-refractivity contribution in [3.05, 3.63) is 65.7 Å². The molecule has 3 nitrogen and oxygen atoms in total. The molecule has 0 heterocycles. The highest BCUT2D eigenvalue weighted by Gasteiger charge is 2.00. The number of hydrazone groups is 1. The van der Waals surface area contributed by atoms with Gasteiger partial charge in [-0.1, -0.05) is 48.5 Å². The lowest BCUT2D eigenvalue weighted by Crippen LogP contribution is -2.10. The molecule has 0 fully saturated rings. The van der Waals surface area contributed by atoms with E-state index in [1.807, 2.05) is 61.5 Å². The normalized spacial score (nSPS) is 11.2. The summed E-state index contributed by atoms with van der Waals surface area (Å²) >= 11 is 0. The van der Waals surface area contributed by atoms with Crippen LogP contribution in [0.5, 0.6) is 5.75 Å². The summed E-state index contributed by atoms with van der Waals surface area (Å²) in [6.07, 6.45) is 0. The Morgan fingerprint density at radius 3 is 2.47 bits per heavy atom. The van der Waals surface area contributed by atoms with Crippen molar-refractivity contribution >= 4 is 5.71 Å². The second-order valence-corrected chi connectivity index (χ2v) is 4.21. The van der Waals surface area contributed by atoms with E-state index in [1.165, 1.54) is 0 Å². The van der Waals surface area contributed by atoms with Crippen LogP contribution in [0.4, 0.5) is 0 Å². The molecule has 0 unspecified atom stereocenters. The Labute approximate surface area is 113 Å². The third-order valence-electron chi connectivity index (χ3n) is 2.90. The number of nitrogens with one attached hydrogen (secondary N) is 1. The molecule has 0 aliphatic rings. The molecule has 3 heteroatoms. The highest BCUT2D eigenvalue weighted by molar-refractivity contribution is 5.98. The van der Waals surface area contributed by atoms with E-state index in [1.54, 1.807) is 7.11 Å². The largest absolute Gasteiger partial charge is 0.496 e. The SMILES string of the molecule is COc1ccccc1CN/N=C(\C)c1ccccc1. The van der Waals surface area contributed by atoms with Crippen molar-refractivity contribution in [1.29, 1.82) is 0 Å². The van der Waals surface area contributed by atoms with Gasteiger partial charge < -0.3 is 10.2 Å². The minimum absolute atomic E-state index is 0.647. The van der Waals surface area contributed by atoms with Gasteiger partial charge in [-0.2, -0.15) is 5.10 Å². The summed E-state index contributed by atoms with van der Waals surface area (Å²) in [5.74, 6) is 0.877. The van der Waals surface area contributed by atoms with Gasteiger partial charge in [-0.3, -0.25) is 0 Å². The Morgan fingerprint density at radius 1 is 1.05 bits per heavy atom. The van der Waals surface area contributed by atoms with Crippen molar-refractivity contribution in [2.24, 2.45) is 5.10 Å². The van der Waals surface area contributed by atoms with Gasteiger partial charge in [0.1, 0.15) is 5.75 Å². The topological polar surface area (TPSA) is 33.6 Å². The fourth-order valence-electron chi connectivity index (χ4n) is 1.84. The van der Waals surface area contributed by atoms with E-state index in [9.17, 15) is 0 Å². The maximum absolute atomic E-state index is 5.30. The van der Waals surface area contributed by atoms with Crippen molar-refractivity contribution in [3.8, 4) is 5.75 Å². The second-order valence-electron chi connectivity index (χ2n) is 4.21. The summed E-state index contributed by atoms with van der Waals surface area (Å²) in [6.45, 7) is 2.64. The minimum atomic E-state index is 0.647. The van der Waals surface area contributed by atoms with Crippen LogP contribution < -0.4 is 10.2 Å². The number of rotatable bonds is 5. The number of methoxy groups -OCH3 is 1. The highest BCUT2D eigenvalue weighted by Crippen LogP contribution is 2.16. The van der Waals surface area contributed by atoms with Gasteiger partial charge >= 0.3 is 0 Å². The molecular formula is C16H18N2O. The molecule has 0 saturated heterocycles. The Bertz CT molecular complexity index is 550.